The van der Waals surface area contributed by atoms with Gasteiger partial charge in [-0.1, -0.05) is 43.7 Å². The number of likely N-dealkylation sites (tertiary alicyclic amines) is 1. The predicted octanol–water partition coefficient (Wildman–Crippen LogP) is 4.22. The quantitative estimate of drug-likeness (QED) is 0.586. The number of rotatable bonds is 4. The molecule has 0 radical (unpaired) electrons. The molecule has 4 fully saturated rings. The van der Waals surface area contributed by atoms with E-state index in [4.69, 9.17) is 0 Å². The van der Waals surface area contributed by atoms with Crippen LogP contribution in [-0.4, -0.2) is 57.7 Å². The monoisotopic (exact) mass is 429 g/mol. The second-order valence-electron chi connectivity index (χ2n) is 11.6. The van der Waals surface area contributed by atoms with Gasteiger partial charge in [0.15, 0.2) is 0 Å². The third-order valence-electron chi connectivity index (χ3n) is 9.10. The summed E-state index contributed by atoms with van der Waals surface area (Å²) >= 11 is 0. The Balaban J connectivity index is 1.44. The topological polar surface area (TPSA) is 63.9 Å². The average Bonchev–Trinajstić information content (AvgIpc) is 3.22. The number of aliphatic hydroxyl groups excluding tert-OH is 2. The Morgan fingerprint density at radius 2 is 1.84 bits per heavy atom. The zero-order valence-electron chi connectivity index (χ0n) is 19.8. The molecule has 3 N–H and O–H groups in total. The van der Waals surface area contributed by atoms with E-state index in [-0.39, 0.29) is 0 Å². The van der Waals surface area contributed by atoms with Crippen molar-refractivity contribution in [2.24, 2.45) is 23.2 Å². The van der Waals surface area contributed by atoms with Crippen molar-refractivity contribution in [3.8, 4) is 0 Å². The van der Waals surface area contributed by atoms with Crippen LogP contribution in [0.5, 0.6) is 0 Å². The first kappa shape index (κ1) is 23.2. The van der Waals surface area contributed by atoms with Gasteiger partial charge in [-0.2, -0.15) is 0 Å². The Morgan fingerprint density at radius 3 is 2.48 bits per heavy atom. The van der Waals surface area contributed by atoms with Crippen LogP contribution in [0.15, 0.2) is 35.5 Å². The molecule has 7 atom stereocenters. The summed E-state index contributed by atoms with van der Waals surface area (Å²) < 4.78 is 0. The van der Waals surface area contributed by atoms with Crippen molar-refractivity contribution < 1.29 is 15.3 Å². The maximum atomic E-state index is 10.3. The Kier molecular flexibility index (Phi) is 6.58. The van der Waals surface area contributed by atoms with Crippen LogP contribution in [0.2, 0.25) is 0 Å². The minimum atomic E-state index is -0.618. The standard InChI is InChI=1S/C27H43NO3/c1-18(16-28-13-12-26(3,31)17-28)22-9-10-23-21(6-5-11-27(22,23)4)8-7-20-14-24(29)19(2)25(30)15-20/h7-8,18,22-25,29-31H,2,5-6,9-17H2,1,3-4H3/b20-7-,21-8+/t18?,22-,23+,24-,25+,26-,27-/m1/s1. The van der Waals surface area contributed by atoms with Gasteiger partial charge in [-0.05, 0) is 87.0 Å². The van der Waals surface area contributed by atoms with Crippen molar-refractivity contribution >= 4 is 0 Å². The van der Waals surface area contributed by atoms with E-state index in [1.807, 2.05) is 6.92 Å². The average molecular weight is 430 g/mol. The Labute approximate surface area is 188 Å². The van der Waals surface area contributed by atoms with Crippen molar-refractivity contribution in [3.05, 3.63) is 35.5 Å². The van der Waals surface area contributed by atoms with Crippen molar-refractivity contribution in [1.82, 2.24) is 4.90 Å². The smallest absolute Gasteiger partial charge is 0.0809 e. The number of β-amino-alcohol motifs (C(OH)–C–C–N with tert-alkyl or cyclic N) is 1. The van der Waals surface area contributed by atoms with E-state index in [0.29, 0.717) is 35.7 Å². The second-order valence-corrected chi connectivity index (χ2v) is 11.6. The molecule has 1 heterocycles. The van der Waals surface area contributed by atoms with Crippen LogP contribution in [0.4, 0.5) is 0 Å². The molecule has 3 aliphatic carbocycles. The summed E-state index contributed by atoms with van der Waals surface area (Å²) in [6.07, 6.45) is 11.7. The molecule has 1 unspecified atom stereocenters. The lowest BCUT2D eigenvalue weighted by Gasteiger charge is -2.45. The van der Waals surface area contributed by atoms with Gasteiger partial charge in [0, 0.05) is 19.6 Å². The summed E-state index contributed by atoms with van der Waals surface area (Å²) in [6, 6.07) is 0. The van der Waals surface area contributed by atoms with Crippen LogP contribution in [0, 0.1) is 23.2 Å². The lowest BCUT2D eigenvalue weighted by Crippen LogP contribution is -2.40. The largest absolute Gasteiger partial charge is 0.389 e. The van der Waals surface area contributed by atoms with Crippen LogP contribution >= 0.6 is 0 Å². The SMILES string of the molecule is C=C1[C@H](O)C/C(=C/C=C2\CCC[C@]3(C)[C@@H](C(C)CN4CC[C@@](C)(O)C4)CC[C@@H]23)C[C@@H]1O. The number of hydrogen-bond acceptors (Lipinski definition) is 4. The fourth-order valence-corrected chi connectivity index (χ4v) is 7.37. The summed E-state index contributed by atoms with van der Waals surface area (Å²) in [4.78, 5) is 2.47. The molecule has 4 rings (SSSR count). The van der Waals surface area contributed by atoms with Crippen molar-refractivity contribution in [2.45, 2.75) is 89.9 Å². The van der Waals surface area contributed by atoms with Crippen LogP contribution < -0.4 is 0 Å². The highest BCUT2D eigenvalue weighted by Gasteiger charge is 2.51. The van der Waals surface area contributed by atoms with E-state index in [1.165, 1.54) is 32.1 Å². The highest BCUT2D eigenvalue weighted by atomic mass is 16.3. The molecule has 1 saturated heterocycles. The Morgan fingerprint density at radius 1 is 1.13 bits per heavy atom. The van der Waals surface area contributed by atoms with Gasteiger partial charge in [-0.15, -0.1) is 0 Å². The molecule has 0 aromatic carbocycles. The molecule has 1 aliphatic heterocycles. The zero-order valence-corrected chi connectivity index (χ0v) is 19.8. The minimum Gasteiger partial charge on any atom is -0.389 e. The lowest BCUT2D eigenvalue weighted by atomic mass is 9.61. The van der Waals surface area contributed by atoms with Gasteiger partial charge >= 0.3 is 0 Å². The maximum absolute atomic E-state index is 10.3. The van der Waals surface area contributed by atoms with Crippen LogP contribution in [0.3, 0.4) is 0 Å². The summed E-state index contributed by atoms with van der Waals surface area (Å²) in [5.41, 5.74) is 3.12. The maximum Gasteiger partial charge on any atom is 0.0809 e. The predicted molar refractivity (Wildman–Crippen MR) is 126 cm³/mol. The van der Waals surface area contributed by atoms with Gasteiger partial charge in [0.25, 0.3) is 0 Å². The van der Waals surface area contributed by atoms with Gasteiger partial charge in [0.2, 0.25) is 0 Å². The molecule has 0 bridgehead atoms. The summed E-state index contributed by atoms with van der Waals surface area (Å²) in [5.74, 6) is 2.04. The molecular formula is C27H43NO3. The molecule has 4 aliphatic rings. The van der Waals surface area contributed by atoms with Gasteiger partial charge in [0.1, 0.15) is 0 Å². The third kappa shape index (κ3) is 4.73. The molecule has 3 saturated carbocycles. The van der Waals surface area contributed by atoms with Crippen LogP contribution in [0.1, 0.15) is 72.1 Å². The Bertz CT molecular complexity index is 738. The first-order valence-electron chi connectivity index (χ1n) is 12.5. The number of aliphatic hydroxyl groups is 3. The lowest BCUT2D eigenvalue weighted by molar-refractivity contribution is 0.0549. The van der Waals surface area contributed by atoms with Crippen molar-refractivity contribution in [3.63, 3.8) is 0 Å². The molecule has 4 heteroatoms. The fraction of sp³-hybridized carbons (Fsp3) is 0.778. The molecular weight excluding hydrogens is 386 g/mol. The summed E-state index contributed by atoms with van der Waals surface area (Å²) in [7, 11) is 0. The van der Waals surface area contributed by atoms with Gasteiger partial charge in [-0.3, -0.25) is 0 Å². The van der Waals surface area contributed by atoms with Gasteiger partial charge in [-0.25, -0.2) is 0 Å². The first-order chi connectivity index (χ1) is 14.6. The van der Waals surface area contributed by atoms with E-state index in [0.717, 1.165) is 37.5 Å². The highest BCUT2D eigenvalue weighted by Crippen LogP contribution is 2.59. The molecule has 174 valence electrons. The fourth-order valence-electron chi connectivity index (χ4n) is 7.37. The molecule has 0 aromatic rings. The van der Waals surface area contributed by atoms with Crippen molar-refractivity contribution in [2.75, 3.05) is 19.6 Å². The molecule has 31 heavy (non-hydrogen) atoms. The van der Waals surface area contributed by atoms with E-state index in [9.17, 15) is 15.3 Å². The summed E-state index contributed by atoms with van der Waals surface area (Å²) in [6.45, 7) is 13.7. The molecule has 0 aromatic heterocycles. The minimum absolute atomic E-state index is 0.365. The van der Waals surface area contributed by atoms with E-state index < -0.39 is 17.8 Å². The van der Waals surface area contributed by atoms with Gasteiger partial charge < -0.3 is 20.2 Å². The number of hydrogen-bond donors (Lipinski definition) is 3. The van der Waals surface area contributed by atoms with Crippen LogP contribution in [0.25, 0.3) is 0 Å². The first-order valence-corrected chi connectivity index (χ1v) is 12.5. The second kappa shape index (κ2) is 8.78. The zero-order chi connectivity index (χ0) is 22.4. The number of nitrogens with zero attached hydrogens (tertiary/aromatic N) is 1. The molecule has 0 spiro atoms. The highest BCUT2D eigenvalue weighted by molar-refractivity contribution is 5.29. The van der Waals surface area contributed by atoms with Crippen LogP contribution in [-0.2, 0) is 0 Å². The molecule has 4 nitrogen and oxygen atoms in total. The van der Waals surface area contributed by atoms with E-state index in [2.05, 4.69) is 37.5 Å². The molecule has 0 amide bonds. The van der Waals surface area contributed by atoms with E-state index >= 15 is 0 Å². The normalized spacial score (nSPS) is 45.4. The number of fused-ring (bicyclic) bond motifs is 1. The Hall–Kier alpha value is -0.940. The van der Waals surface area contributed by atoms with Crippen molar-refractivity contribution in [1.29, 1.82) is 0 Å². The van der Waals surface area contributed by atoms with E-state index in [1.54, 1.807) is 5.57 Å². The third-order valence-corrected chi connectivity index (χ3v) is 9.10. The van der Waals surface area contributed by atoms with Gasteiger partial charge in [0.05, 0.1) is 17.8 Å². The number of allylic oxidation sites excluding steroid dienone is 3. The summed E-state index contributed by atoms with van der Waals surface area (Å²) in [5, 5.41) is 30.6.